The van der Waals surface area contributed by atoms with Gasteiger partial charge >= 0.3 is 0 Å². The van der Waals surface area contributed by atoms with Crippen LogP contribution in [-0.4, -0.2) is 51.9 Å². The van der Waals surface area contributed by atoms with Gasteiger partial charge < -0.3 is 15.0 Å². The average molecular weight is 579 g/mol. The van der Waals surface area contributed by atoms with Gasteiger partial charge in [-0.05, 0) is 48.4 Å². The zero-order chi connectivity index (χ0) is 27.9. The van der Waals surface area contributed by atoms with Crippen molar-refractivity contribution in [2.45, 2.75) is 30.8 Å². The lowest BCUT2D eigenvalue weighted by Gasteiger charge is -2.33. The molecule has 3 aromatic carbocycles. The van der Waals surface area contributed by atoms with Crippen LogP contribution in [-0.2, 0) is 26.2 Å². The number of sulfonamides is 1. The van der Waals surface area contributed by atoms with Crippen molar-refractivity contribution in [2.24, 2.45) is 0 Å². The number of carbonyl (C=O) groups excluding carboxylic acids is 2. The first kappa shape index (κ1) is 29.3. The number of halogens is 2. The monoisotopic (exact) mass is 577 g/mol. The molecule has 0 fully saturated rings. The molecule has 0 aromatic heterocycles. The third kappa shape index (κ3) is 6.59. The molecule has 3 rings (SSSR count). The highest BCUT2D eigenvalue weighted by atomic mass is 35.5. The smallest absolute Gasteiger partial charge is 0.264 e. The first-order valence-corrected chi connectivity index (χ1v) is 14.0. The van der Waals surface area contributed by atoms with Crippen LogP contribution in [0.4, 0.5) is 5.69 Å². The standard InChI is InChI=1S/C27H29Cl2N3O5S/c1-4-23(27(34)30-2)31(17-19-14-15-21(28)22(29)16-19)26(33)18-32(24-12-8-9-13-25(24)37-3)38(35,36)20-10-6-5-7-11-20/h5-16,23H,4,17-18H2,1-3H3,(H,30,34)/t23-/m0/s1. The van der Waals surface area contributed by atoms with Crippen molar-refractivity contribution in [3.8, 4) is 5.75 Å². The highest BCUT2D eigenvalue weighted by molar-refractivity contribution is 7.92. The van der Waals surface area contributed by atoms with E-state index in [4.69, 9.17) is 27.9 Å². The summed E-state index contributed by atoms with van der Waals surface area (Å²) in [7, 11) is -1.29. The number of nitrogens with zero attached hydrogens (tertiary/aromatic N) is 2. The Hall–Kier alpha value is -3.27. The zero-order valence-corrected chi connectivity index (χ0v) is 23.6. The molecule has 0 saturated carbocycles. The highest BCUT2D eigenvalue weighted by Crippen LogP contribution is 2.32. The van der Waals surface area contributed by atoms with Crippen LogP contribution in [0.25, 0.3) is 0 Å². The van der Waals surface area contributed by atoms with Gasteiger partial charge in [0.15, 0.2) is 0 Å². The number of carbonyl (C=O) groups is 2. The summed E-state index contributed by atoms with van der Waals surface area (Å²) in [5, 5.41) is 3.23. The van der Waals surface area contributed by atoms with Crippen LogP contribution in [0.5, 0.6) is 5.75 Å². The molecule has 0 aliphatic heterocycles. The Morgan fingerprint density at radius 1 is 0.974 bits per heavy atom. The zero-order valence-electron chi connectivity index (χ0n) is 21.2. The van der Waals surface area contributed by atoms with Gasteiger partial charge in [-0.2, -0.15) is 0 Å². The minimum atomic E-state index is -4.19. The van der Waals surface area contributed by atoms with E-state index in [-0.39, 0.29) is 28.8 Å². The SMILES string of the molecule is CC[C@@H](C(=O)NC)N(Cc1ccc(Cl)c(Cl)c1)C(=O)CN(c1ccccc1OC)S(=O)(=O)c1ccccc1. The molecular weight excluding hydrogens is 549 g/mol. The van der Waals surface area contributed by atoms with Crippen molar-refractivity contribution in [1.82, 2.24) is 10.2 Å². The highest BCUT2D eigenvalue weighted by Gasteiger charge is 2.34. The number of methoxy groups -OCH3 is 1. The van der Waals surface area contributed by atoms with Crippen molar-refractivity contribution in [3.05, 3.63) is 88.4 Å². The van der Waals surface area contributed by atoms with E-state index in [1.807, 2.05) is 0 Å². The third-order valence-corrected chi connectivity index (χ3v) is 8.45. The van der Waals surface area contributed by atoms with Crippen LogP contribution in [0.3, 0.4) is 0 Å². The maximum Gasteiger partial charge on any atom is 0.264 e. The summed E-state index contributed by atoms with van der Waals surface area (Å²) in [6.45, 7) is 1.20. The number of nitrogens with one attached hydrogen (secondary N) is 1. The first-order valence-electron chi connectivity index (χ1n) is 11.8. The maximum absolute atomic E-state index is 13.9. The second kappa shape index (κ2) is 13.0. The molecule has 0 bridgehead atoms. The molecule has 0 spiro atoms. The lowest BCUT2D eigenvalue weighted by atomic mass is 10.1. The van der Waals surface area contributed by atoms with E-state index < -0.39 is 28.5 Å². The number of amides is 2. The largest absolute Gasteiger partial charge is 0.495 e. The number of benzene rings is 3. The average Bonchev–Trinajstić information content (AvgIpc) is 2.93. The quantitative estimate of drug-likeness (QED) is 0.354. The van der Waals surface area contributed by atoms with Crippen LogP contribution < -0.4 is 14.4 Å². The van der Waals surface area contributed by atoms with E-state index in [9.17, 15) is 18.0 Å². The fourth-order valence-electron chi connectivity index (χ4n) is 3.99. The molecule has 1 atom stereocenters. The van der Waals surface area contributed by atoms with Gasteiger partial charge in [0.25, 0.3) is 10.0 Å². The fraction of sp³-hybridized carbons (Fsp3) is 0.259. The molecule has 0 unspecified atom stereocenters. The predicted octanol–water partition coefficient (Wildman–Crippen LogP) is 4.75. The number of hydrogen-bond donors (Lipinski definition) is 1. The molecule has 2 amide bonds. The van der Waals surface area contributed by atoms with Crippen molar-refractivity contribution >= 4 is 50.7 Å². The summed E-state index contributed by atoms with van der Waals surface area (Å²) in [5.41, 5.74) is 0.819. The summed E-state index contributed by atoms with van der Waals surface area (Å²) in [4.78, 5) is 28.0. The third-order valence-electron chi connectivity index (χ3n) is 5.93. The van der Waals surface area contributed by atoms with E-state index in [0.717, 1.165) is 4.31 Å². The lowest BCUT2D eigenvalue weighted by molar-refractivity contribution is -0.140. The Morgan fingerprint density at radius 3 is 2.24 bits per heavy atom. The predicted molar refractivity (Wildman–Crippen MR) is 149 cm³/mol. The number of rotatable bonds is 11. The molecule has 0 heterocycles. The van der Waals surface area contributed by atoms with Gasteiger partial charge in [0.2, 0.25) is 11.8 Å². The van der Waals surface area contributed by atoms with Crippen molar-refractivity contribution in [1.29, 1.82) is 0 Å². The Kier molecular flexibility index (Phi) is 10.0. The Morgan fingerprint density at radius 2 is 1.63 bits per heavy atom. The number of likely N-dealkylation sites (N-methyl/N-ethyl adjacent to an activating group) is 1. The first-order chi connectivity index (χ1) is 18.1. The van der Waals surface area contributed by atoms with Gasteiger partial charge in [-0.1, -0.05) is 66.5 Å². The Balaban J connectivity index is 2.09. The molecule has 0 saturated heterocycles. The second-order valence-corrected chi connectivity index (χ2v) is 11.0. The minimum Gasteiger partial charge on any atom is -0.495 e. The van der Waals surface area contributed by atoms with Crippen LogP contribution in [0, 0.1) is 0 Å². The van der Waals surface area contributed by atoms with Crippen LogP contribution in [0.2, 0.25) is 10.0 Å². The molecule has 38 heavy (non-hydrogen) atoms. The Labute approximate surface area is 233 Å². The van der Waals surface area contributed by atoms with Crippen LogP contribution >= 0.6 is 23.2 Å². The molecule has 0 aliphatic carbocycles. The molecule has 11 heteroatoms. The summed E-state index contributed by atoms with van der Waals surface area (Å²) in [5.74, 6) is -0.693. The summed E-state index contributed by atoms with van der Waals surface area (Å²) in [6.07, 6.45) is 0.298. The molecular formula is C27H29Cl2N3O5S. The molecule has 0 radical (unpaired) electrons. The Bertz CT molecular complexity index is 1390. The van der Waals surface area contributed by atoms with E-state index >= 15 is 0 Å². The van der Waals surface area contributed by atoms with Crippen molar-refractivity contribution in [3.63, 3.8) is 0 Å². The van der Waals surface area contributed by atoms with Gasteiger partial charge in [0.1, 0.15) is 18.3 Å². The van der Waals surface area contributed by atoms with Crippen molar-refractivity contribution < 1.29 is 22.7 Å². The van der Waals surface area contributed by atoms with E-state index in [1.165, 1.54) is 31.2 Å². The summed E-state index contributed by atoms with van der Waals surface area (Å²) < 4.78 is 34.1. The molecule has 3 aromatic rings. The van der Waals surface area contributed by atoms with Crippen molar-refractivity contribution in [2.75, 3.05) is 25.0 Å². The van der Waals surface area contributed by atoms with Gasteiger partial charge in [-0.15, -0.1) is 0 Å². The lowest BCUT2D eigenvalue weighted by Crippen LogP contribution is -2.51. The molecule has 202 valence electrons. The summed E-state index contributed by atoms with van der Waals surface area (Å²) >= 11 is 12.2. The summed E-state index contributed by atoms with van der Waals surface area (Å²) in [6, 6.07) is 18.4. The number of anilines is 1. The molecule has 8 nitrogen and oxygen atoms in total. The minimum absolute atomic E-state index is 0.00674. The topological polar surface area (TPSA) is 96.0 Å². The van der Waals surface area contributed by atoms with Gasteiger partial charge in [-0.25, -0.2) is 8.42 Å². The van der Waals surface area contributed by atoms with Crippen LogP contribution in [0.15, 0.2) is 77.7 Å². The maximum atomic E-state index is 13.9. The normalized spacial score (nSPS) is 11.9. The fourth-order valence-corrected chi connectivity index (χ4v) is 5.76. The van der Waals surface area contributed by atoms with E-state index in [1.54, 1.807) is 67.6 Å². The van der Waals surface area contributed by atoms with Gasteiger partial charge in [0.05, 0.1) is 27.7 Å². The number of hydrogen-bond acceptors (Lipinski definition) is 5. The second-order valence-electron chi connectivity index (χ2n) is 8.30. The van der Waals surface area contributed by atoms with Gasteiger partial charge in [0, 0.05) is 13.6 Å². The number of para-hydroxylation sites is 2. The van der Waals surface area contributed by atoms with Gasteiger partial charge in [-0.3, -0.25) is 13.9 Å². The van der Waals surface area contributed by atoms with Crippen LogP contribution in [0.1, 0.15) is 18.9 Å². The molecule has 1 N–H and O–H groups in total. The number of ether oxygens (including phenoxy) is 1. The van der Waals surface area contributed by atoms with E-state index in [0.29, 0.717) is 22.0 Å². The van der Waals surface area contributed by atoms with E-state index in [2.05, 4.69) is 5.32 Å². The molecule has 0 aliphatic rings.